The van der Waals surface area contributed by atoms with Gasteiger partial charge in [-0.1, -0.05) is 6.07 Å². The molecule has 0 bridgehead atoms. The van der Waals surface area contributed by atoms with Gasteiger partial charge in [-0.25, -0.2) is 0 Å². The minimum absolute atomic E-state index is 0.0544. The first kappa shape index (κ1) is 19.5. The Kier molecular flexibility index (Phi) is 6.79. The van der Waals surface area contributed by atoms with E-state index < -0.39 is 0 Å². The zero-order valence-corrected chi connectivity index (χ0v) is 15.5. The van der Waals surface area contributed by atoms with E-state index in [-0.39, 0.29) is 23.4 Å². The van der Waals surface area contributed by atoms with Crippen LogP contribution in [0.2, 0.25) is 0 Å². The number of amides is 1. The zero-order valence-electron chi connectivity index (χ0n) is 15.5. The van der Waals surface area contributed by atoms with Crippen molar-refractivity contribution in [1.82, 2.24) is 4.90 Å². The number of carbonyl (C=O) groups is 2. The van der Waals surface area contributed by atoms with Gasteiger partial charge in [-0.05, 0) is 56.9 Å². The van der Waals surface area contributed by atoms with Crippen molar-refractivity contribution >= 4 is 17.6 Å². The average Bonchev–Trinajstić information content (AvgIpc) is 2.61. The first-order chi connectivity index (χ1) is 12.4. The van der Waals surface area contributed by atoms with E-state index in [0.717, 1.165) is 16.8 Å². The second kappa shape index (κ2) is 9.04. The molecule has 1 fully saturated rings. The second-order valence-electron chi connectivity index (χ2n) is 6.51. The van der Waals surface area contributed by atoms with Gasteiger partial charge in [0, 0.05) is 25.0 Å². The van der Waals surface area contributed by atoms with Crippen LogP contribution in [0.1, 0.15) is 30.9 Å². The van der Waals surface area contributed by atoms with Crippen molar-refractivity contribution in [3.63, 3.8) is 0 Å². The Hall–Kier alpha value is -2.81. The number of nitrogens with zero attached hydrogens (tertiary/aromatic N) is 2. The molecule has 1 N–H and O–H groups in total. The van der Waals surface area contributed by atoms with Crippen LogP contribution in [0, 0.1) is 31.1 Å². The number of piperidine rings is 1. The Morgan fingerprint density at radius 2 is 1.88 bits per heavy atom. The first-order valence-electron chi connectivity index (χ1n) is 8.85. The minimum Gasteiger partial charge on any atom is -0.466 e. The van der Waals surface area contributed by atoms with Gasteiger partial charge in [-0.2, -0.15) is 5.26 Å². The number of esters is 1. The summed E-state index contributed by atoms with van der Waals surface area (Å²) in [5, 5.41) is 12.4. The van der Waals surface area contributed by atoms with E-state index >= 15 is 0 Å². The highest BCUT2D eigenvalue weighted by molar-refractivity contribution is 5.97. The largest absolute Gasteiger partial charge is 0.466 e. The molecule has 1 aliphatic heterocycles. The molecule has 1 aromatic rings. The van der Waals surface area contributed by atoms with E-state index in [1.165, 1.54) is 6.20 Å². The summed E-state index contributed by atoms with van der Waals surface area (Å²) in [7, 11) is 0. The van der Waals surface area contributed by atoms with Crippen molar-refractivity contribution in [3.05, 3.63) is 41.1 Å². The smallest absolute Gasteiger partial charge is 0.309 e. The third-order valence-corrected chi connectivity index (χ3v) is 4.36. The quantitative estimate of drug-likeness (QED) is 0.499. The van der Waals surface area contributed by atoms with E-state index in [2.05, 4.69) is 11.4 Å². The Morgan fingerprint density at radius 1 is 1.27 bits per heavy atom. The van der Waals surface area contributed by atoms with Gasteiger partial charge in [0.2, 0.25) is 0 Å². The van der Waals surface area contributed by atoms with E-state index in [1.807, 2.05) is 32.0 Å². The summed E-state index contributed by atoms with van der Waals surface area (Å²) in [5.74, 6) is -0.680. The maximum absolute atomic E-state index is 12.6. The molecule has 0 saturated carbocycles. The van der Waals surface area contributed by atoms with Gasteiger partial charge in [-0.3, -0.25) is 9.59 Å². The number of hydrogen-bond donors (Lipinski definition) is 1. The molecule has 138 valence electrons. The number of likely N-dealkylation sites (tertiary alicyclic amines) is 1. The number of rotatable bonds is 5. The number of hydrogen-bond acceptors (Lipinski definition) is 5. The van der Waals surface area contributed by atoms with Gasteiger partial charge in [0.1, 0.15) is 11.6 Å². The molecule has 1 aliphatic rings. The fourth-order valence-electron chi connectivity index (χ4n) is 3.10. The Bertz CT molecular complexity index is 721. The highest BCUT2D eigenvalue weighted by Gasteiger charge is 2.29. The molecule has 0 aliphatic carbocycles. The average molecular weight is 355 g/mol. The summed E-state index contributed by atoms with van der Waals surface area (Å²) in [5.41, 5.74) is 3.10. The third-order valence-electron chi connectivity index (χ3n) is 4.36. The molecule has 2 rings (SSSR count). The van der Waals surface area contributed by atoms with Crippen LogP contribution in [-0.4, -0.2) is 36.5 Å². The molecule has 1 aromatic carbocycles. The lowest BCUT2D eigenvalue weighted by Gasteiger charge is -2.30. The van der Waals surface area contributed by atoms with E-state index in [4.69, 9.17) is 4.74 Å². The normalized spacial score (nSPS) is 15.3. The fraction of sp³-hybridized carbons (Fsp3) is 0.450. The van der Waals surface area contributed by atoms with Crippen LogP contribution in [0.3, 0.4) is 0 Å². The SMILES string of the molecule is CCOC(=O)C1CCN(C(=O)/C(C#N)=C\Nc2cc(C)cc(C)c2)CC1. The van der Waals surface area contributed by atoms with Crippen LogP contribution in [0.4, 0.5) is 5.69 Å². The van der Waals surface area contributed by atoms with E-state index in [0.29, 0.717) is 32.5 Å². The van der Waals surface area contributed by atoms with Gasteiger partial charge in [0.15, 0.2) is 0 Å². The lowest BCUT2D eigenvalue weighted by Crippen LogP contribution is -2.41. The molecule has 6 heteroatoms. The van der Waals surface area contributed by atoms with Crippen molar-refractivity contribution in [3.8, 4) is 6.07 Å². The van der Waals surface area contributed by atoms with Crippen LogP contribution < -0.4 is 5.32 Å². The van der Waals surface area contributed by atoms with Crippen LogP contribution >= 0.6 is 0 Å². The van der Waals surface area contributed by atoms with E-state index in [9.17, 15) is 14.9 Å². The number of nitrogens with one attached hydrogen (secondary N) is 1. The molecule has 1 amide bonds. The first-order valence-corrected chi connectivity index (χ1v) is 8.85. The van der Waals surface area contributed by atoms with Crippen molar-refractivity contribution in [1.29, 1.82) is 5.26 Å². The summed E-state index contributed by atoms with van der Waals surface area (Å²) in [6, 6.07) is 7.93. The number of nitriles is 1. The summed E-state index contributed by atoms with van der Waals surface area (Å²) < 4.78 is 5.04. The van der Waals surface area contributed by atoms with Gasteiger partial charge in [-0.15, -0.1) is 0 Å². The second-order valence-corrected chi connectivity index (χ2v) is 6.51. The number of aryl methyl sites for hydroxylation is 2. The summed E-state index contributed by atoms with van der Waals surface area (Å²) in [6.45, 7) is 7.03. The summed E-state index contributed by atoms with van der Waals surface area (Å²) in [6.07, 6.45) is 2.58. The molecule has 0 radical (unpaired) electrons. The fourth-order valence-corrected chi connectivity index (χ4v) is 3.10. The molecule has 26 heavy (non-hydrogen) atoms. The number of carbonyl (C=O) groups excluding carboxylic acids is 2. The Morgan fingerprint density at radius 3 is 2.42 bits per heavy atom. The topological polar surface area (TPSA) is 82.4 Å². The number of ether oxygens (including phenoxy) is 1. The number of anilines is 1. The van der Waals surface area contributed by atoms with Gasteiger partial charge in [0.05, 0.1) is 12.5 Å². The third kappa shape index (κ3) is 5.09. The molecule has 6 nitrogen and oxygen atoms in total. The van der Waals surface area contributed by atoms with Crippen molar-refractivity contribution < 1.29 is 14.3 Å². The zero-order chi connectivity index (χ0) is 19.1. The van der Waals surface area contributed by atoms with Gasteiger partial charge >= 0.3 is 5.97 Å². The predicted molar refractivity (Wildman–Crippen MR) is 99.2 cm³/mol. The molecule has 0 unspecified atom stereocenters. The monoisotopic (exact) mass is 355 g/mol. The Balaban J connectivity index is 1.98. The Labute approximate surface area is 154 Å². The predicted octanol–water partition coefficient (Wildman–Crippen LogP) is 2.92. The molecule has 0 spiro atoms. The number of benzene rings is 1. The van der Waals surface area contributed by atoms with Gasteiger partial charge < -0.3 is 15.0 Å². The molecule has 1 saturated heterocycles. The lowest BCUT2D eigenvalue weighted by atomic mass is 9.96. The molecule has 1 heterocycles. The van der Waals surface area contributed by atoms with Crippen LogP contribution in [-0.2, 0) is 14.3 Å². The lowest BCUT2D eigenvalue weighted by molar-refractivity contribution is -0.150. The highest BCUT2D eigenvalue weighted by atomic mass is 16.5. The van der Waals surface area contributed by atoms with Crippen molar-refractivity contribution in [2.24, 2.45) is 5.92 Å². The molecule has 0 aromatic heterocycles. The van der Waals surface area contributed by atoms with Gasteiger partial charge in [0.25, 0.3) is 5.91 Å². The summed E-state index contributed by atoms with van der Waals surface area (Å²) in [4.78, 5) is 26.0. The van der Waals surface area contributed by atoms with Crippen LogP contribution in [0.5, 0.6) is 0 Å². The van der Waals surface area contributed by atoms with Crippen LogP contribution in [0.15, 0.2) is 30.0 Å². The molecule has 0 atom stereocenters. The van der Waals surface area contributed by atoms with Crippen molar-refractivity contribution in [2.45, 2.75) is 33.6 Å². The maximum Gasteiger partial charge on any atom is 0.309 e. The maximum atomic E-state index is 12.6. The van der Waals surface area contributed by atoms with Crippen molar-refractivity contribution in [2.75, 3.05) is 25.0 Å². The van der Waals surface area contributed by atoms with Crippen LogP contribution in [0.25, 0.3) is 0 Å². The standard InChI is InChI=1S/C20H25N3O3/c1-4-26-20(25)16-5-7-23(8-6-16)19(24)17(12-21)13-22-18-10-14(2)9-15(3)11-18/h9-11,13,16,22H,4-8H2,1-3H3/b17-13-. The molecular formula is C20H25N3O3. The molecular weight excluding hydrogens is 330 g/mol. The summed E-state index contributed by atoms with van der Waals surface area (Å²) >= 11 is 0. The minimum atomic E-state index is -0.313. The van der Waals surface area contributed by atoms with E-state index in [1.54, 1.807) is 11.8 Å². The highest BCUT2D eigenvalue weighted by Crippen LogP contribution is 2.20.